The van der Waals surface area contributed by atoms with Crippen LogP contribution in [0.4, 0.5) is 0 Å². The van der Waals surface area contributed by atoms with Gasteiger partial charge >= 0.3 is 11.9 Å². The molecule has 0 fully saturated rings. The normalized spacial score (nSPS) is 10.8. The highest BCUT2D eigenvalue weighted by Gasteiger charge is 2.11. The van der Waals surface area contributed by atoms with Gasteiger partial charge in [-0.1, -0.05) is 5.57 Å². The quantitative estimate of drug-likeness (QED) is 0.514. The molecule has 0 amide bonds. The van der Waals surface area contributed by atoms with Crippen LogP contribution in [0.25, 0.3) is 0 Å². The lowest BCUT2D eigenvalue weighted by Gasteiger charge is -2.03. The van der Waals surface area contributed by atoms with Crippen molar-refractivity contribution >= 4 is 11.9 Å². The van der Waals surface area contributed by atoms with Crippen molar-refractivity contribution in [2.45, 2.75) is 20.8 Å². The standard InChI is InChI=1S/C9H12O4/c1-5(2)8(9(12)13)6(3)4-7(10)11/h4H,1-3H3,(H,10,11)(H,12,13)/b6-4-. The summed E-state index contributed by atoms with van der Waals surface area (Å²) < 4.78 is 0. The molecule has 0 aliphatic heterocycles. The minimum absolute atomic E-state index is 0.0578. The molecule has 0 aromatic carbocycles. The monoisotopic (exact) mass is 184 g/mol. The van der Waals surface area contributed by atoms with Crippen LogP contribution in [0.2, 0.25) is 0 Å². The number of allylic oxidation sites excluding steroid dienone is 1. The van der Waals surface area contributed by atoms with Crippen molar-refractivity contribution in [2.24, 2.45) is 0 Å². The first-order chi connectivity index (χ1) is 5.86. The van der Waals surface area contributed by atoms with Gasteiger partial charge in [0.2, 0.25) is 0 Å². The Bertz CT molecular complexity index is 293. The summed E-state index contributed by atoms with van der Waals surface area (Å²) in [5.41, 5.74) is 0.893. The van der Waals surface area contributed by atoms with Gasteiger partial charge in [-0.05, 0) is 26.3 Å². The van der Waals surface area contributed by atoms with E-state index in [1.54, 1.807) is 13.8 Å². The molecule has 0 aliphatic rings. The Morgan fingerprint density at radius 1 is 1.08 bits per heavy atom. The Labute approximate surface area is 76.2 Å². The smallest absolute Gasteiger partial charge is 0.335 e. The van der Waals surface area contributed by atoms with Crippen molar-refractivity contribution in [3.05, 3.63) is 22.8 Å². The molecule has 0 aromatic rings. The number of rotatable bonds is 3. The van der Waals surface area contributed by atoms with Gasteiger partial charge in [0.05, 0.1) is 5.57 Å². The van der Waals surface area contributed by atoms with Crippen molar-refractivity contribution in [1.29, 1.82) is 0 Å². The summed E-state index contributed by atoms with van der Waals surface area (Å²) in [5.74, 6) is -2.24. The third kappa shape index (κ3) is 3.55. The fourth-order valence-corrected chi connectivity index (χ4v) is 1.03. The average molecular weight is 184 g/mol. The first kappa shape index (κ1) is 11.4. The van der Waals surface area contributed by atoms with Crippen LogP contribution < -0.4 is 0 Å². The first-order valence-electron chi connectivity index (χ1n) is 3.68. The second kappa shape index (κ2) is 4.45. The van der Waals surface area contributed by atoms with Crippen LogP contribution in [0.1, 0.15) is 20.8 Å². The molecular formula is C9H12O4. The van der Waals surface area contributed by atoms with E-state index in [1.165, 1.54) is 6.92 Å². The molecule has 0 heterocycles. The summed E-state index contributed by atoms with van der Waals surface area (Å²) in [6.07, 6.45) is 0.885. The molecule has 0 aliphatic carbocycles. The van der Waals surface area contributed by atoms with Crippen molar-refractivity contribution in [1.82, 2.24) is 0 Å². The summed E-state index contributed by atoms with van der Waals surface area (Å²) in [6.45, 7) is 4.72. The Morgan fingerprint density at radius 2 is 1.54 bits per heavy atom. The van der Waals surface area contributed by atoms with Crippen LogP contribution in [-0.4, -0.2) is 22.2 Å². The van der Waals surface area contributed by atoms with E-state index in [0.717, 1.165) is 6.08 Å². The molecule has 0 aromatic heterocycles. The third-order valence-electron chi connectivity index (χ3n) is 1.45. The van der Waals surface area contributed by atoms with Crippen LogP contribution in [0, 0.1) is 0 Å². The Hall–Kier alpha value is -1.58. The predicted molar refractivity (Wildman–Crippen MR) is 47.4 cm³/mol. The molecular weight excluding hydrogens is 172 g/mol. The molecule has 0 saturated heterocycles. The van der Waals surface area contributed by atoms with Gasteiger partial charge in [0.25, 0.3) is 0 Å². The zero-order chi connectivity index (χ0) is 10.6. The second-order valence-electron chi connectivity index (χ2n) is 2.85. The molecule has 0 unspecified atom stereocenters. The van der Waals surface area contributed by atoms with Crippen LogP contribution in [0.15, 0.2) is 22.8 Å². The molecule has 0 rings (SSSR count). The van der Waals surface area contributed by atoms with E-state index in [1.807, 2.05) is 0 Å². The van der Waals surface area contributed by atoms with Crippen LogP contribution in [-0.2, 0) is 9.59 Å². The van der Waals surface area contributed by atoms with Gasteiger partial charge in [-0.2, -0.15) is 0 Å². The molecule has 0 spiro atoms. The topological polar surface area (TPSA) is 74.6 Å². The fraction of sp³-hybridized carbons (Fsp3) is 0.333. The van der Waals surface area contributed by atoms with Crippen LogP contribution in [0.5, 0.6) is 0 Å². The predicted octanol–water partition coefficient (Wildman–Crippen LogP) is 1.44. The zero-order valence-corrected chi connectivity index (χ0v) is 7.79. The molecule has 72 valence electrons. The maximum Gasteiger partial charge on any atom is 0.335 e. The molecule has 2 N–H and O–H groups in total. The van der Waals surface area contributed by atoms with Crippen LogP contribution >= 0.6 is 0 Å². The summed E-state index contributed by atoms with van der Waals surface area (Å²) >= 11 is 0. The van der Waals surface area contributed by atoms with E-state index >= 15 is 0 Å². The van der Waals surface area contributed by atoms with E-state index in [4.69, 9.17) is 10.2 Å². The van der Waals surface area contributed by atoms with E-state index in [2.05, 4.69) is 0 Å². The van der Waals surface area contributed by atoms with Gasteiger partial charge in [0.1, 0.15) is 0 Å². The van der Waals surface area contributed by atoms with Gasteiger partial charge in [0.15, 0.2) is 0 Å². The van der Waals surface area contributed by atoms with Gasteiger partial charge in [-0.25, -0.2) is 9.59 Å². The van der Waals surface area contributed by atoms with Crippen molar-refractivity contribution in [3.63, 3.8) is 0 Å². The molecule has 0 atom stereocenters. The number of hydrogen-bond donors (Lipinski definition) is 2. The maximum atomic E-state index is 10.7. The second-order valence-corrected chi connectivity index (χ2v) is 2.85. The lowest BCUT2D eigenvalue weighted by molar-refractivity contribution is -0.132. The molecule has 0 radical (unpaired) electrons. The maximum absolute atomic E-state index is 10.7. The van der Waals surface area contributed by atoms with E-state index in [-0.39, 0.29) is 11.1 Å². The van der Waals surface area contributed by atoms with E-state index in [9.17, 15) is 9.59 Å². The van der Waals surface area contributed by atoms with E-state index < -0.39 is 11.9 Å². The molecule has 4 heteroatoms. The molecule has 13 heavy (non-hydrogen) atoms. The molecule has 0 bridgehead atoms. The van der Waals surface area contributed by atoms with Crippen molar-refractivity contribution in [2.75, 3.05) is 0 Å². The largest absolute Gasteiger partial charge is 0.478 e. The molecule has 0 saturated carbocycles. The Morgan fingerprint density at radius 3 is 1.77 bits per heavy atom. The number of carbonyl (C=O) groups is 2. The number of hydrogen-bond acceptors (Lipinski definition) is 2. The SMILES string of the molecule is CC(C)=C(C(=O)O)/C(C)=C\C(=O)O. The summed E-state index contributed by atoms with van der Waals surface area (Å²) in [7, 11) is 0. The lowest BCUT2D eigenvalue weighted by atomic mass is 10.0. The zero-order valence-electron chi connectivity index (χ0n) is 7.79. The number of carboxylic acid groups (broad SMARTS) is 2. The number of aliphatic carboxylic acids is 2. The summed E-state index contributed by atoms with van der Waals surface area (Å²) in [5, 5.41) is 17.1. The van der Waals surface area contributed by atoms with Crippen LogP contribution in [0.3, 0.4) is 0 Å². The van der Waals surface area contributed by atoms with E-state index in [0.29, 0.717) is 5.57 Å². The fourth-order valence-electron chi connectivity index (χ4n) is 1.03. The highest BCUT2D eigenvalue weighted by atomic mass is 16.4. The summed E-state index contributed by atoms with van der Waals surface area (Å²) in [6, 6.07) is 0. The lowest BCUT2D eigenvalue weighted by Crippen LogP contribution is -2.05. The number of carboxylic acids is 2. The highest BCUT2D eigenvalue weighted by Crippen LogP contribution is 2.14. The van der Waals surface area contributed by atoms with Gasteiger partial charge in [0, 0.05) is 6.08 Å². The first-order valence-corrected chi connectivity index (χ1v) is 3.68. The minimum Gasteiger partial charge on any atom is -0.478 e. The highest BCUT2D eigenvalue weighted by molar-refractivity contribution is 5.95. The Balaban J connectivity index is 5.13. The van der Waals surface area contributed by atoms with Crippen molar-refractivity contribution < 1.29 is 19.8 Å². The van der Waals surface area contributed by atoms with Crippen molar-refractivity contribution in [3.8, 4) is 0 Å². The van der Waals surface area contributed by atoms with Gasteiger partial charge in [-0.15, -0.1) is 0 Å². The third-order valence-corrected chi connectivity index (χ3v) is 1.45. The average Bonchev–Trinajstić information content (AvgIpc) is 1.81. The minimum atomic E-state index is -1.14. The van der Waals surface area contributed by atoms with Gasteiger partial charge < -0.3 is 10.2 Å². The van der Waals surface area contributed by atoms with Gasteiger partial charge in [-0.3, -0.25) is 0 Å². The molecule has 4 nitrogen and oxygen atoms in total. The Kier molecular flexibility index (Phi) is 3.91. The summed E-state index contributed by atoms with van der Waals surface area (Å²) in [4.78, 5) is 20.9.